The number of benzene rings is 1. The Morgan fingerprint density at radius 1 is 1.24 bits per heavy atom. The molecule has 21 heavy (non-hydrogen) atoms. The van der Waals surface area contributed by atoms with E-state index < -0.39 is 11.7 Å². The number of anilines is 1. The number of hydrogen-bond acceptors (Lipinski definition) is 1. The fraction of sp³-hybridized carbons (Fsp3) is 0.625. The van der Waals surface area contributed by atoms with E-state index in [2.05, 4.69) is 11.8 Å². The summed E-state index contributed by atoms with van der Waals surface area (Å²) in [6.45, 7) is 3.84. The molecule has 0 spiro atoms. The molecule has 1 nitrogen and oxygen atoms in total. The highest BCUT2D eigenvalue weighted by Gasteiger charge is 2.34. The van der Waals surface area contributed by atoms with Crippen molar-refractivity contribution in [3.8, 4) is 0 Å². The zero-order valence-electron chi connectivity index (χ0n) is 12.2. The first-order chi connectivity index (χ1) is 9.95. The van der Waals surface area contributed by atoms with Gasteiger partial charge in [-0.25, -0.2) is 0 Å². The van der Waals surface area contributed by atoms with Crippen molar-refractivity contribution in [1.29, 1.82) is 0 Å². The lowest BCUT2D eigenvalue weighted by atomic mass is 9.92. The van der Waals surface area contributed by atoms with Crippen molar-refractivity contribution in [2.75, 3.05) is 18.0 Å². The molecule has 1 heterocycles. The predicted octanol–water partition coefficient (Wildman–Crippen LogP) is 5.46. The van der Waals surface area contributed by atoms with Crippen LogP contribution in [0.4, 0.5) is 18.9 Å². The lowest BCUT2D eigenvalue weighted by molar-refractivity contribution is -0.138. The molecule has 1 aromatic carbocycles. The third kappa shape index (κ3) is 4.06. The lowest BCUT2D eigenvalue weighted by Gasteiger charge is -2.34. The summed E-state index contributed by atoms with van der Waals surface area (Å²) in [5.41, 5.74) is 0.200. The van der Waals surface area contributed by atoms with Gasteiger partial charge in [-0.1, -0.05) is 25.8 Å². The second kappa shape index (κ2) is 6.91. The van der Waals surface area contributed by atoms with Gasteiger partial charge in [0.2, 0.25) is 0 Å². The molecule has 0 N–H and O–H groups in total. The summed E-state index contributed by atoms with van der Waals surface area (Å²) >= 11 is 5.62. The number of alkyl halides is 4. The molecule has 1 fully saturated rings. The van der Waals surface area contributed by atoms with Crippen molar-refractivity contribution in [3.63, 3.8) is 0 Å². The molecule has 0 saturated carbocycles. The van der Waals surface area contributed by atoms with Gasteiger partial charge in [-0.2, -0.15) is 13.2 Å². The minimum Gasteiger partial charge on any atom is -0.372 e. The molecule has 0 unspecified atom stereocenters. The van der Waals surface area contributed by atoms with Gasteiger partial charge in [0, 0.05) is 24.7 Å². The van der Waals surface area contributed by atoms with Crippen LogP contribution >= 0.6 is 11.6 Å². The normalized spacial score (nSPS) is 17.3. The van der Waals surface area contributed by atoms with E-state index in [0.717, 1.165) is 31.8 Å². The van der Waals surface area contributed by atoms with Gasteiger partial charge in [0.05, 0.1) is 5.56 Å². The zero-order valence-corrected chi connectivity index (χ0v) is 13.0. The molecule has 1 aliphatic heterocycles. The van der Waals surface area contributed by atoms with Gasteiger partial charge in [-0.3, -0.25) is 0 Å². The van der Waals surface area contributed by atoms with E-state index in [1.54, 1.807) is 6.07 Å². The topological polar surface area (TPSA) is 3.24 Å². The third-order valence-corrected chi connectivity index (χ3v) is 4.51. The maximum Gasteiger partial charge on any atom is 0.416 e. The molecule has 5 heteroatoms. The number of hydrogen-bond donors (Lipinski definition) is 0. The molecular formula is C16H21ClF3N. The van der Waals surface area contributed by atoms with Gasteiger partial charge in [0.15, 0.2) is 0 Å². The molecule has 0 amide bonds. The largest absolute Gasteiger partial charge is 0.416 e. The van der Waals surface area contributed by atoms with Crippen molar-refractivity contribution >= 4 is 17.3 Å². The number of rotatable bonds is 4. The van der Waals surface area contributed by atoms with E-state index in [4.69, 9.17) is 11.6 Å². The second-order valence-electron chi connectivity index (χ2n) is 5.69. The van der Waals surface area contributed by atoms with Crippen molar-refractivity contribution in [3.05, 3.63) is 29.3 Å². The van der Waals surface area contributed by atoms with E-state index >= 15 is 0 Å². The summed E-state index contributed by atoms with van der Waals surface area (Å²) < 4.78 is 39.2. The van der Waals surface area contributed by atoms with Crippen molar-refractivity contribution in [2.45, 2.75) is 44.7 Å². The van der Waals surface area contributed by atoms with Crippen LogP contribution in [-0.4, -0.2) is 13.1 Å². The van der Waals surface area contributed by atoms with Gasteiger partial charge in [-0.15, -0.1) is 11.6 Å². The summed E-state index contributed by atoms with van der Waals surface area (Å²) in [6.07, 6.45) is 0.166. The van der Waals surface area contributed by atoms with Crippen LogP contribution in [-0.2, 0) is 12.1 Å². The average molecular weight is 320 g/mol. The molecule has 118 valence electrons. The molecule has 1 aliphatic rings. The Labute approximate surface area is 129 Å². The molecule has 0 bridgehead atoms. The van der Waals surface area contributed by atoms with Crippen molar-refractivity contribution < 1.29 is 13.2 Å². The van der Waals surface area contributed by atoms with E-state index in [1.165, 1.54) is 25.0 Å². The Balaban J connectivity index is 2.15. The smallest absolute Gasteiger partial charge is 0.372 e. The first-order valence-electron chi connectivity index (χ1n) is 7.46. The fourth-order valence-corrected chi connectivity index (χ4v) is 3.26. The summed E-state index contributed by atoms with van der Waals surface area (Å²) in [4.78, 5) is 2.05. The first kappa shape index (κ1) is 16.5. The van der Waals surface area contributed by atoms with E-state index in [9.17, 15) is 13.2 Å². The van der Waals surface area contributed by atoms with Gasteiger partial charge < -0.3 is 4.90 Å². The van der Waals surface area contributed by atoms with Gasteiger partial charge in [0.25, 0.3) is 0 Å². The van der Waals surface area contributed by atoms with E-state index in [0.29, 0.717) is 5.69 Å². The summed E-state index contributed by atoms with van der Waals surface area (Å²) in [5.74, 6) is 0.601. The minimum atomic E-state index is -4.35. The Morgan fingerprint density at radius 3 is 2.43 bits per heavy atom. The predicted molar refractivity (Wildman–Crippen MR) is 80.8 cm³/mol. The maximum atomic E-state index is 13.1. The highest BCUT2D eigenvalue weighted by molar-refractivity contribution is 6.17. The highest BCUT2D eigenvalue weighted by Crippen LogP contribution is 2.36. The fourth-order valence-electron chi connectivity index (χ4n) is 3.03. The van der Waals surface area contributed by atoms with Crippen LogP contribution in [0.5, 0.6) is 0 Å². The Hall–Kier alpha value is -0.900. The van der Waals surface area contributed by atoms with Crippen LogP contribution in [0.2, 0.25) is 0 Å². The summed E-state index contributed by atoms with van der Waals surface area (Å²) in [5, 5.41) is 0. The molecule has 1 aromatic rings. The first-order valence-corrected chi connectivity index (χ1v) is 8.00. The van der Waals surface area contributed by atoms with Gasteiger partial charge in [0.1, 0.15) is 0 Å². The standard InChI is InChI=1S/C16H21ClF3N/c1-2-3-12-6-8-21(9-7-12)14-5-4-13(11-17)15(10-14)16(18,19)20/h4-5,10,12H,2-3,6-9,11H2,1H3. The van der Waals surface area contributed by atoms with Crippen LogP contribution in [0.25, 0.3) is 0 Å². The Kier molecular flexibility index (Phi) is 5.42. The summed E-state index contributed by atoms with van der Waals surface area (Å²) in [6, 6.07) is 4.51. The third-order valence-electron chi connectivity index (χ3n) is 4.22. The summed E-state index contributed by atoms with van der Waals surface area (Å²) in [7, 11) is 0. The SMILES string of the molecule is CCCC1CCN(c2ccc(CCl)c(C(F)(F)F)c2)CC1. The molecular weight excluding hydrogens is 299 g/mol. The molecule has 0 atom stereocenters. The molecule has 0 aromatic heterocycles. The van der Waals surface area contributed by atoms with Crippen LogP contribution in [0.15, 0.2) is 18.2 Å². The number of halogens is 4. The van der Waals surface area contributed by atoms with E-state index in [1.807, 2.05) is 0 Å². The van der Waals surface area contributed by atoms with Crippen LogP contribution in [0.1, 0.15) is 43.7 Å². The van der Waals surface area contributed by atoms with E-state index in [-0.39, 0.29) is 11.4 Å². The average Bonchev–Trinajstić information content (AvgIpc) is 2.47. The maximum absolute atomic E-state index is 13.1. The Morgan fingerprint density at radius 2 is 1.90 bits per heavy atom. The van der Waals surface area contributed by atoms with Crippen LogP contribution < -0.4 is 4.90 Å². The zero-order chi connectivity index (χ0) is 15.5. The molecule has 0 radical (unpaired) electrons. The minimum absolute atomic E-state index is 0.117. The lowest BCUT2D eigenvalue weighted by Crippen LogP contribution is -2.33. The van der Waals surface area contributed by atoms with Crippen molar-refractivity contribution in [1.82, 2.24) is 0 Å². The number of nitrogens with zero attached hydrogens (tertiary/aromatic N) is 1. The second-order valence-corrected chi connectivity index (χ2v) is 5.96. The van der Waals surface area contributed by atoms with Crippen molar-refractivity contribution in [2.24, 2.45) is 5.92 Å². The number of piperidine rings is 1. The van der Waals surface area contributed by atoms with Gasteiger partial charge >= 0.3 is 6.18 Å². The molecule has 0 aliphatic carbocycles. The Bertz CT molecular complexity index is 465. The molecule has 1 saturated heterocycles. The van der Waals surface area contributed by atoms with Gasteiger partial charge in [-0.05, 0) is 36.5 Å². The monoisotopic (exact) mass is 319 g/mol. The van der Waals surface area contributed by atoms with Crippen LogP contribution in [0, 0.1) is 5.92 Å². The quantitative estimate of drug-likeness (QED) is 0.666. The molecule has 2 rings (SSSR count). The van der Waals surface area contributed by atoms with Crippen LogP contribution in [0.3, 0.4) is 0 Å². The highest BCUT2D eigenvalue weighted by atomic mass is 35.5.